The largest absolute Gasteiger partial charge is 0.460 e. The van der Waals surface area contributed by atoms with Gasteiger partial charge in [-0.25, -0.2) is 0 Å². The fourth-order valence-electron chi connectivity index (χ4n) is 2.80. The third-order valence-electron chi connectivity index (χ3n) is 5.23. The van der Waals surface area contributed by atoms with Gasteiger partial charge in [-0.2, -0.15) is 48.3 Å². The second kappa shape index (κ2) is 24.8. The smallest absolute Gasteiger partial charge is 0.394 e. The summed E-state index contributed by atoms with van der Waals surface area (Å²) < 4.78 is 191. The van der Waals surface area contributed by atoms with Gasteiger partial charge in [0.15, 0.2) is 0 Å². The SMILES string of the molecule is OCCOCCOCCOCCOCCOCCOCCOCCOCCOCCOC(F)(F)C(F)(F)C(F)(F)C(F)(F)C(F)(F)F. The van der Waals surface area contributed by atoms with Crippen LogP contribution >= 0.6 is 0 Å². The molecular weight excluding hydrogens is 685 g/mol. The highest BCUT2D eigenvalue weighted by molar-refractivity contribution is 5.03. The number of ether oxygens (including phenoxy) is 10. The monoisotopic (exact) mass is 726 g/mol. The quantitative estimate of drug-likeness (QED) is 0.0796. The Labute approximate surface area is 263 Å². The topological polar surface area (TPSA) is 113 Å². The van der Waals surface area contributed by atoms with Gasteiger partial charge in [0.25, 0.3) is 0 Å². The number of alkyl halides is 11. The first-order valence-electron chi connectivity index (χ1n) is 14.1. The van der Waals surface area contributed by atoms with Gasteiger partial charge in [-0.3, -0.25) is 0 Å². The highest BCUT2D eigenvalue weighted by Gasteiger charge is 2.87. The van der Waals surface area contributed by atoms with Gasteiger partial charge >= 0.3 is 30.1 Å². The highest BCUT2D eigenvalue weighted by Crippen LogP contribution is 2.57. The van der Waals surface area contributed by atoms with Crippen molar-refractivity contribution in [3.05, 3.63) is 0 Å². The van der Waals surface area contributed by atoms with Crippen molar-refractivity contribution in [2.75, 3.05) is 132 Å². The molecule has 0 unspecified atom stereocenters. The summed E-state index contributed by atoms with van der Waals surface area (Å²) in [6.07, 6.45) is -13.6. The lowest BCUT2D eigenvalue weighted by Crippen LogP contribution is -2.67. The van der Waals surface area contributed by atoms with Gasteiger partial charge in [0.05, 0.1) is 132 Å². The van der Waals surface area contributed by atoms with E-state index >= 15 is 0 Å². The van der Waals surface area contributed by atoms with Crippen LogP contribution in [0.25, 0.3) is 0 Å². The van der Waals surface area contributed by atoms with Crippen LogP contribution < -0.4 is 0 Å². The molecule has 1 N–H and O–H groups in total. The van der Waals surface area contributed by atoms with Crippen molar-refractivity contribution >= 4 is 0 Å². The molecule has 47 heavy (non-hydrogen) atoms. The molecule has 0 aliphatic carbocycles. The van der Waals surface area contributed by atoms with E-state index in [-0.39, 0.29) is 52.9 Å². The molecule has 0 saturated carbocycles. The Morgan fingerprint density at radius 3 is 0.766 bits per heavy atom. The van der Waals surface area contributed by atoms with E-state index in [9.17, 15) is 48.3 Å². The summed E-state index contributed by atoms with van der Waals surface area (Å²) in [6, 6.07) is 0. The van der Waals surface area contributed by atoms with Crippen LogP contribution in [0.5, 0.6) is 0 Å². The second-order valence-corrected chi connectivity index (χ2v) is 8.82. The van der Waals surface area contributed by atoms with E-state index < -0.39 is 43.3 Å². The van der Waals surface area contributed by atoms with Gasteiger partial charge in [-0.1, -0.05) is 0 Å². The van der Waals surface area contributed by atoms with Crippen LogP contribution in [0.15, 0.2) is 0 Å². The van der Waals surface area contributed by atoms with E-state index in [4.69, 9.17) is 43.0 Å². The zero-order valence-corrected chi connectivity index (χ0v) is 25.3. The second-order valence-electron chi connectivity index (χ2n) is 8.82. The number of hydrogen-bond donors (Lipinski definition) is 1. The Kier molecular flexibility index (Phi) is 24.2. The molecule has 284 valence electrons. The van der Waals surface area contributed by atoms with E-state index in [1.54, 1.807) is 0 Å². The molecule has 0 rings (SSSR count). The first kappa shape index (κ1) is 45.8. The van der Waals surface area contributed by atoms with Gasteiger partial charge in [-0.05, 0) is 0 Å². The average molecular weight is 727 g/mol. The van der Waals surface area contributed by atoms with Crippen LogP contribution in [0.2, 0.25) is 0 Å². The summed E-state index contributed by atoms with van der Waals surface area (Å²) in [5.41, 5.74) is 0. The Morgan fingerprint density at radius 1 is 0.298 bits per heavy atom. The molecule has 0 aromatic carbocycles. The van der Waals surface area contributed by atoms with Gasteiger partial charge < -0.3 is 52.5 Å². The maximum atomic E-state index is 13.3. The summed E-state index contributed by atoms with van der Waals surface area (Å²) in [4.78, 5) is 0. The van der Waals surface area contributed by atoms with Crippen molar-refractivity contribution in [3.8, 4) is 0 Å². The molecule has 0 amide bonds. The van der Waals surface area contributed by atoms with Gasteiger partial charge in [0.1, 0.15) is 0 Å². The maximum absolute atomic E-state index is 13.3. The molecule has 0 spiro atoms. The van der Waals surface area contributed by atoms with Crippen molar-refractivity contribution in [2.45, 2.75) is 30.1 Å². The van der Waals surface area contributed by atoms with E-state index in [0.29, 0.717) is 66.1 Å². The normalized spacial score (nSPS) is 13.5. The van der Waals surface area contributed by atoms with Crippen molar-refractivity contribution in [1.82, 2.24) is 0 Å². The lowest BCUT2D eigenvalue weighted by atomic mass is 10.0. The molecule has 0 heterocycles. The van der Waals surface area contributed by atoms with Crippen LogP contribution in [-0.2, 0) is 47.4 Å². The van der Waals surface area contributed by atoms with Crippen LogP contribution in [-0.4, -0.2) is 167 Å². The molecule has 0 saturated heterocycles. The Balaban J connectivity index is 3.57. The van der Waals surface area contributed by atoms with Crippen molar-refractivity contribution in [1.29, 1.82) is 0 Å². The average Bonchev–Trinajstić information content (AvgIpc) is 2.99. The third-order valence-corrected chi connectivity index (χ3v) is 5.23. The van der Waals surface area contributed by atoms with Crippen LogP contribution in [0, 0.1) is 0 Å². The Morgan fingerprint density at radius 2 is 0.532 bits per heavy atom. The lowest BCUT2D eigenvalue weighted by molar-refractivity contribution is -0.457. The minimum atomic E-state index is -7.52. The molecule has 0 fully saturated rings. The maximum Gasteiger partial charge on any atom is 0.460 e. The van der Waals surface area contributed by atoms with E-state index in [1.807, 2.05) is 0 Å². The van der Waals surface area contributed by atoms with E-state index in [2.05, 4.69) is 9.47 Å². The Hall–Kier alpha value is -1.21. The molecular formula is C25H41F11O11. The minimum absolute atomic E-state index is 0.0298. The van der Waals surface area contributed by atoms with Crippen molar-refractivity contribution in [3.63, 3.8) is 0 Å². The van der Waals surface area contributed by atoms with Crippen LogP contribution in [0.3, 0.4) is 0 Å². The number of hydrogen-bond acceptors (Lipinski definition) is 11. The zero-order chi connectivity index (χ0) is 35.7. The van der Waals surface area contributed by atoms with E-state index in [1.165, 1.54) is 0 Å². The van der Waals surface area contributed by atoms with Gasteiger partial charge in [-0.15, -0.1) is 0 Å². The van der Waals surface area contributed by atoms with E-state index in [0.717, 1.165) is 0 Å². The standard InChI is InChI=1S/C25H41F11O11/c26-21(27,22(28,29)24(32,33)34)23(30,31)25(35,36)47-20-19-46-18-17-45-16-15-44-14-13-43-12-11-42-10-9-41-8-7-40-6-5-39-4-3-38-2-1-37/h37H,1-20H2. The molecule has 0 atom stereocenters. The number of halogens is 11. The fourth-order valence-corrected chi connectivity index (χ4v) is 2.80. The lowest BCUT2D eigenvalue weighted by Gasteiger charge is -2.36. The first-order chi connectivity index (χ1) is 22.1. The molecule has 22 heteroatoms. The van der Waals surface area contributed by atoms with Crippen LogP contribution in [0.1, 0.15) is 0 Å². The number of aliphatic hydroxyl groups is 1. The predicted octanol–water partition coefficient (Wildman–Crippen LogP) is 3.21. The van der Waals surface area contributed by atoms with Gasteiger partial charge in [0.2, 0.25) is 0 Å². The van der Waals surface area contributed by atoms with Crippen LogP contribution in [0.4, 0.5) is 48.3 Å². The highest BCUT2D eigenvalue weighted by atomic mass is 19.4. The summed E-state index contributed by atoms with van der Waals surface area (Å²) >= 11 is 0. The van der Waals surface area contributed by atoms with Crippen molar-refractivity contribution in [2.24, 2.45) is 0 Å². The summed E-state index contributed by atoms with van der Waals surface area (Å²) in [7, 11) is 0. The fraction of sp³-hybridized carbons (Fsp3) is 1.00. The molecule has 0 aliphatic heterocycles. The molecule has 0 aromatic rings. The predicted molar refractivity (Wildman–Crippen MR) is 136 cm³/mol. The van der Waals surface area contributed by atoms with Crippen molar-refractivity contribution < 1.29 is 101 Å². The molecule has 0 aromatic heterocycles. The zero-order valence-electron chi connectivity index (χ0n) is 25.3. The Bertz CT molecular complexity index is 752. The minimum Gasteiger partial charge on any atom is -0.394 e. The van der Waals surface area contributed by atoms with Gasteiger partial charge in [0, 0.05) is 0 Å². The number of rotatable bonds is 33. The summed E-state index contributed by atoms with van der Waals surface area (Å²) in [5.74, 6) is -22.2. The first-order valence-corrected chi connectivity index (χ1v) is 14.1. The molecule has 0 radical (unpaired) electrons. The third kappa shape index (κ3) is 18.4. The molecule has 11 nitrogen and oxygen atoms in total. The molecule has 0 bridgehead atoms. The molecule has 0 aliphatic rings. The number of aliphatic hydroxyl groups excluding tert-OH is 1. The summed E-state index contributed by atoms with van der Waals surface area (Å²) in [5, 5.41) is 8.54. The summed E-state index contributed by atoms with van der Waals surface area (Å²) in [6.45, 7) is 1.76.